The SMILES string of the molecule is Cc1csc(C(=O)O)c1S(=O)(=O)NCCOC(N)=O. The number of hydrogen-bond acceptors (Lipinski definition) is 6. The molecule has 0 saturated heterocycles. The fraction of sp³-hybridized carbons (Fsp3) is 0.333. The van der Waals surface area contributed by atoms with Gasteiger partial charge in [0.1, 0.15) is 16.4 Å². The van der Waals surface area contributed by atoms with Gasteiger partial charge < -0.3 is 15.6 Å². The van der Waals surface area contributed by atoms with E-state index in [1.54, 1.807) is 0 Å². The largest absolute Gasteiger partial charge is 0.477 e. The normalized spacial score (nSPS) is 11.2. The number of nitrogens with two attached hydrogens (primary N) is 1. The monoisotopic (exact) mass is 308 g/mol. The van der Waals surface area contributed by atoms with Gasteiger partial charge in [-0.1, -0.05) is 0 Å². The van der Waals surface area contributed by atoms with Gasteiger partial charge in [-0.25, -0.2) is 22.7 Å². The summed E-state index contributed by atoms with van der Waals surface area (Å²) in [5.74, 6) is -1.31. The molecular weight excluding hydrogens is 296 g/mol. The van der Waals surface area contributed by atoms with Crippen molar-refractivity contribution in [3.8, 4) is 0 Å². The number of nitrogens with one attached hydrogen (secondary N) is 1. The fourth-order valence-electron chi connectivity index (χ4n) is 1.31. The lowest BCUT2D eigenvalue weighted by Gasteiger charge is -2.07. The van der Waals surface area contributed by atoms with Gasteiger partial charge in [0.2, 0.25) is 10.0 Å². The van der Waals surface area contributed by atoms with Crippen molar-refractivity contribution < 1.29 is 27.9 Å². The molecule has 1 amide bonds. The number of aryl methyl sites for hydroxylation is 1. The van der Waals surface area contributed by atoms with E-state index in [0.717, 1.165) is 11.3 Å². The number of carboxylic acid groups (broad SMARTS) is 1. The molecule has 0 fully saturated rings. The predicted octanol–water partition coefficient (Wildman–Crippen LogP) is 0.128. The standard InChI is InChI=1S/C9H12N2O6S2/c1-5-4-18-6(8(12)13)7(5)19(15,16)11-2-3-17-9(10)14/h4,11H,2-3H2,1H3,(H2,10,14)(H,12,13). The van der Waals surface area contributed by atoms with Crippen molar-refractivity contribution in [1.82, 2.24) is 4.72 Å². The summed E-state index contributed by atoms with van der Waals surface area (Å²) in [4.78, 5) is 20.7. The number of sulfonamides is 1. The number of ether oxygens (including phenoxy) is 1. The molecule has 1 aromatic rings. The van der Waals surface area contributed by atoms with Crippen LogP contribution in [0.3, 0.4) is 0 Å². The second-order valence-electron chi connectivity index (χ2n) is 3.45. The van der Waals surface area contributed by atoms with E-state index in [-0.39, 0.29) is 22.9 Å². The molecule has 0 atom stereocenters. The van der Waals surface area contributed by atoms with Crippen molar-refractivity contribution in [2.24, 2.45) is 5.73 Å². The van der Waals surface area contributed by atoms with Crippen molar-refractivity contribution in [3.05, 3.63) is 15.8 Å². The second kappa shape index (κ2) is 5.99. The van der Waals surface area contributed by atoms with Crippen molar-refractivity contribution >= 4 is 33.4 Å². The molecule has 0 aromatic carbocycles. The molecule has 0 spiro atoms. The van der Waals surface area contributed by atoms with Gasteiger partial charge in [0, 0.05) is 6.54 Å². The summed E-state index contributed by atoms with van der Waals surface area (Å²) in [5.41, 5.74) is 5.05. The van der Waals surface area contributed by atoms with Gasteiger partial charge in [0.15, 0.2) is 0 Å². The summed E-state index contributed by atoms with van der Waals surface area (Å²) in [6, 6.07) is 0. The maximum atomic E-state index is 11.9. The minimum Gasteiger partial charge on any atom is -0.477 e. The highest BCUT2D eigenvalue weighted by molar-refractivity contribution is 7.89. The highest BCUT2D eigenvalue weighted by Gasteiger charge is 2.26. The van der Waals surface area contributed by atoms with Crippen LogP contribution >= 0.6 is 11.3 Å². The van der Waals surface area contributed by atoms with E-state index in [1.807, 2.05) is 0 Å². The first-order valence-corrected chi connectivity index (χ1v) is 7.35. The molecule has 8 nitrogen and oxygen atoms in total. The Morgan fingerprint density at radius 1 is 1.53 bits per heavy atom. The van der Waals surface area contributed by atoms with Gasteiger partial charge in [-0.2, -0.15) is 0 Å². The Kier molecular flexibility index (Phi) is 4.86. The Hall–Kier alpha value is -1.65. The molecule has 0 aliphatic heterocycles. The molecule has 4 N–H and O–H groups in total. The summed E-state index contributed by atoms with van der Waals surface area (Å²) < 4.78 is 30.4. The molecule has 0 aliphatic carbocycles. The molecule has 19 heavy (non-hydrogen) atoms. The smallest absolute Gasteiger partial charge is 0.404 e. The Morgan fingerprint density at radius 2 is 2.16 bits per heavy atom. The first-order chi connectivity index (χ1) is 8.75. The third-order valence-corrected chi connectivity index (χ3v) is 4.88. The number of thiophene rings is 1. The second-order valence-corrected chi connectivity index (χ2v) is 6.03. The maximum Gasteiger partial charge on any atom is 0.404 e. The summed E-state index contributed by atoms with van der Waals surface area (Å²) in [7, 11) is -3.97. The van der Waals surface area contributed by atoms with E-state index < -0.39 is 22.1 Å². The van der Waals surface area contributed by atoms with Gasteiger partial charge in [0.25, 0.3) is 0 Å². The molecule has 0 unspecified atom stereocenters. The third kappa shape index (κ3) is 3.91. The summed E-state index contributed by atoms with van der Waals surface area (Å²) in [6.07, 6.45) is -1.02. The number of carbonyl (C=O) groups excluding carboxylic acids is 1. The summed E-state index contributed by atoms with van der Waals surface area (Å²) in [6.45, 7) is 1.07. The van der Waals surface area contributed by atoms with Crippen LogP contribution in [0.5, 0.6) is 0 Å². The Morgan fingerprint density at radius 3 is 2.68 bits per heavy atom. The number of rotatable bonds is 6. The number of amides is 1. The fourth-order valence-corrected chi connectivity index (χ4v) is 3.95. The zero-order chi connectivity index (χ0) is 14.6. The lowest BCUT2D eigenvalue weighted by atomic mass is 10.3. The molecule has 0 bridgehead atoms. The highest BCUT2D eigenvalue weighted by atomic mass is 32.2. The van der Waals surface area contributed by atoms with Crippen LogP contribution in [0.15, 0.2) is 10.3 Å². The first-order valence-electron chi connectivity index (χ1n) is 4.99. The van der Waals surface area contributed by atoms with E-state index in [1.165, 1.54) is 12.3 Å². The average molecular weight is 308 g/mol. The van der Waals surface area contributed by atoms with Crippen LogP contribution in [0.2, 0.25) is 0 Å². The van der Waals surface area contributed by atoms with E-state index in [9.17, 15) is 18.0 Å². The average Bonchev–Trinajstić information content (AvgIpc) is 2.67. The summed E-state index contributed by atoms with van der Waals surface area (Å²) >= 11 is 0.831. The van der Waals surface area contributed by atoms with Gasteiger partial charge >= 0.3 is 12.1 Å². The highest BCUT2D eigenvalue weighted by Crippen LogP contribution is 2.26. The number of carbonyl (C=O) groups is 2. The number of carboxylic acids is 1. The minimum absolute atomic E-state index is 0.195. The summed E-state index contributed by atoms with van der Waals surface area (Å²) in [5, 5.41) is 10.4. The van der Waals surface area contributed by atoms with Crippen molar-refractivity contribution in [2.75, 3.05) is 13.2 Å². The van der Waals surface area contributed by atoms with Crippen molar-refractivity contribution in [1.29, 1.82) is 0 Å². The molecule has 0 aliphatic rings. The molecule has 0 radical (unpaired) electrons. The topological polar surface area (TPSA) is 136 Å². The van der Waals surface area contributed by atoms with Gasteiger partial charge in [-0.15, -0.1) is 11.3 Å². The predicted molar refractivity (Wildman–Crippen MR) is 66.7 cm³/mol. The van der Waals surface area contributed by atoms with E-state index >= 15 is 0 Å². The Balaban J connectivity index is 2.86. The number of primary amides is 1. The van der Waals surface area contributed by atoms with E-state index in [2.05, 4.69) is 9.46 Å². The molecule has 1 rings (SSSR count). The van der Waals surface area contributed by atoms with Gasteiger partial charge in [0.05, 0.1) is 0 Å². The molecule has 106 valence electrons. The van der Waals surface area contributed by atoms with E-state index in [4.69, 9.17) is 10.8 Å². The number of aromatic carboxylic acids is 1. The van der Waals surface area contributed by atoms with Crippen LogP contribution < -0.4 is 10.5 Å². The van der Waals surface area contributed by atoms with Gasteiger partial charge in [-0.05, 0) is 17.9 Å². The Bertz CT molecular complexity index is 592. The van der Waals surface area contributed by atoms with Crippen LogP contribution in [0.25, 0.3) is 0 Å². The van der Waals surface area contributed by atoms with Crippen LogP contribution in [-0.4, -0.2) is 38.7 Å². The lowest BCUT2D eigenvalue weighted by molar-refractivity contribution is 0.0698. The first kappa shape index (κ1) is 15.4. The van der Waals surface area contributed by atoms with Crippen LogP contribution in [0, 0.1) is 6.92 Å². The molecule has 10 heteroatoms. The van der Waals surface area contributed by atoms with Crippen molar-refractivity contribution in [2.45, 2.75) is 11.8 Å². The van der Waals surface area contributed by atoms with Gasteiger partial charge in [-0.3, -0.25) is 0 Å². The molecule has 1 heterocycles. The zero-order valence-electron chi connectivity index (χ0n) is 9.87. The van der Waals surface area contributed by atoms with Crippen LogP contribution in [-0.2, 0) is 14.8 Å². The quantitative estimate of drug-likeness (QED) is 0.639. The molecular formula is C9H12N2O6S2. The van der Waals surface area contributed by atoms with Crippen LogP contribution in [0.4, 0.5) is 4.79 Å². The third-order valence-electron chi connectivity index (χ3n) is 2.02. The lowest BCUT2D eigenvalue weighted by Crippen LogP contribution is -2.30. The van der Waals surface area contributed by atoms with E-state index in [0.29, 0.717) is 5.56 Å². The van der Waals surface area contributed by atoms with Crippen molar-refractivity contribution in [3.63, 3.8) is 0 Å². The van der Waals surface area contributed by atoms with Crippen LogP contribution in [0.1, 0.15) is 15.2 Å². The number of hydrogen-bond donors (Lipinski definition) is 3. The molecule has 1 aromatic heterocycles. The molecule has 0 saturated carbocycles. The zero-order valence-corrected chi connectivity index (χ0v) is 11.5. The minimum atomic E-state index is -3.97. The Labute approximate surface area is 113 Å². The maximum absolute atomic E-state index is 11.9.